The van der Waals surface area contributed by atoms with Crippen LogP contribution in [0, 0.1) is 0 Å². The molecule has 0 aromatic heterocycles. The number of hydrogen-bond acceptors (Lipinski definition) is 9. The normalized spacial score (nSPS) is 12.6. The number of nitrogens with zero attached hydrogens (tertiary/aromatic N) is 1. The number of carbonyl (C=O) groups excluding carboxylic acids is 5. The lowest BCUT2D eigenvalue weighted by Crippen LogP contribution is -2.47. The first-order valence-corrected chi connectivity index (χ1v) is 22.6. The van der Waals surface area contributed by atoms with E-state index in [4.69, 9.17) is 18.9 Å². The standard InChI is InChI=1S/C46H50N2O9Si/c1-30(58(6,7)8)55-43(51)37(47-45(53)54-5)29-33-27-28-39(35-24-16-15-23-34(33)35)48(41(49)44(52)57-46(2,3)4)38-26-18-17-25-36(38)42(50)56-40(31-19-11-9-12-20-31)32-21-13-10-14-22-32/h9-28,30,37,40H,29H2,1-8H3,(H,47,53). The Morgan fingerprint density at radius 2 is 1.24 bits per heavy atom. The smallest absolute Gasteiger partial charge is 0.407 e. The van der Waals surface area contributed by atoms with Crippen LogP contribution in [0.4, 0.5) is 16.2 Å². The van der Waals surface area contributed by atoms with Crippen LogP contribution in [0.1, 0.15) is 60.8 Å². The van der Waals surface area contributed by atoms with Gasteiger partial charge < -0.3 is 24.3 Å². The number of fused-ring (bicyclic) bond motifs is 1. The zero-order chi connectivity index (χ0) is 42.2. The summed E-state index contributed by atoms with van der Waals surface area (Å²) in [5, 5.41) is 3.73. The molecule has 1 N–H and O–H groups in total. The van der Waals surface area contributed by atoms with Crippen molar-refractivity contribution in [3.63, 3.8) is 0 Å². The van der Waals surface area contributed by atoms with E-state index in [-0.39, 0.29) is 29.1 Å². The molecule has 2 atom stereocenters. The second-order valence-corrected chi connectivity index (χ2v) is 21.4. The molecule has 302 valence electrons. The molecular weight excluding hydrogens is 753 g/mol. The van der Waals surface area contributed by atoms with E-state index in [9.17, 15) is 24.0 Å². The molecule has 0 fully saturated rings. The van der Waals surface area contributed by atoms with Gasteiger partial charge in [0.25, 0.3) is 0 Å². The Bertz CT molecular complexity index is 2230. The van der Waals surface area contributed by atoms with Gasteiger partial charge in [0.2, 0.25) is 0 Å². The topological polar surface area (TPSA) is 138 Å². The van der Waals surface area contributed by atoms with Crippen molar-refractivity contribution in [2.45, 2.75) is 77.2 Å². The quantitative estimate of drug-likeness (QED) is 0.0568. The Balaban J connectivity index is 1.63. The van der Waals surface area contributed by atoms with Crippen molar-refractivity contribution in [3.05, 3.63) is 144 Å². The van der Waals surface area contributed by atoms with Gasteiger partial charge >= 0.3 is 29.9 Å². The van der Waals surface area contributed by atoms with Crippen molar-refractivity contribution in [3.8, 4) is 0 Å². The van der Waals surface area contributed by atoms with Gasteiger partial charge in [0.15, 0.2) is 6.10 Å². The lowest BCUT2D eigenvalue weighted by Gasteiger charge is -2.29. The molecule has 2 unspecified atom stereocenters. The van der Waals surface area contributed by atoms with Gasteiger partial charge in [0.05, 0.1) is 37.8 Å². The highest BCUT2D eigenvalue weighted by molar-refractivity contribution is 6.77. The predicted molar refractivity (Wildman–Crippen MR) is 225 cm³/mol. The van der Waals surface area contributed by atoms with Gasteiger partial charge in [-0.2, -0.15) is 0 Å². The molecule has 0 aliphatic rings. The van der Waals surface area contributed by atoms with Gasteiger partial charge in [-0.05, 0) is 68.0 Å². The number of esters is 3. The Hall–Kier alpha value is -6.27. The van der Waals surface area contributed by atoms with Gasteiger partial charge in [-0.15, -0.1) is 0 Å². The van der Waals surface area contributed by atoms with Crippen molar-refractivity contribution < 1.29 is 42.9 Å². The molecule has 0 radical (unpaired) electrons. The third kappa shape index (κ3) is 10.6. The van der Waals surface area contributed by atoms with Gasteiger partial charge in [-0.3, -0.25) is 9.69 Å². The zero-order valence-electron chi connectivity index (χ0n) is 34.1. The number of rotatable bonds is 12. The van der Waals surface area contributed by atoms with E-state index in [1.165, 1.54) is 13.2 Å². The lowest BCUT2D eigenvalue weighted by atomic mass is 9.96. The minimum atomic E-state index is -1.89. The molecule has 0 bridgehead atoms. The van der Waals surface area contributed by atoms with Gasteiger partial charge in [-0.25, -0.2) is 19.2 Å². The van der Waals surface area contributed by atoms with Crippen LogP contribution in [-0.2, 0) is 39.8 Å². The van der Waals surface area contributed by atoms with Crippen molar-refractivity contribution in [2.24, 2.45) is 0 Å². The molecule has 0 aliphatic carbocycles. The van der Waals surface area contributed by atoms with Crippen LogP contribution in [-0.4, -0.2) is 62.5 Å². The molecule has 5 aromatic carbocycles. The van der Waals surface area contributed by atoms with Crippen LogP contribution in [0.25, 0.3) is 10.8 Å². The molecular formula is C46H50N2O9Si. The Labute approximate surface area is 340 Å². The molecule has 0 saturated heterocycles. The van der Waals surface area contributed by atoms with Crippen LogP contribution < -0.4 is 10.2 Å². The maximum Gasteiger partial charge on any atom is 0.407 e. The van der Waals surface area contributed by atoms with Gasteiger partial charge in [0, 0.05) is 11.8 Å². The maximum atomic E-state index is 14.5. The summed E-state index contributed by atoms with van der Waals surface area (Å²) in [6.45, 7) is 13.0. The number of nitrogens with one attached hydrogen (secondary N) is 1. The summed E-state index contributed by atoms with van der Waals surface area (Å²) in [6, 6.07) is 34.4. The summed E-state index contributed by atoms with van der Waals surface area (Å²) >= 11 is 0. The number of para-hydroxylation sites is 1. The molecule has 11 nitrogen and oxygen atoms in total. The van der Waals surface area contributed by atoms with Crippen molar-refractivity contribution in [1.29, 1.82) is 0 Å². The molecule has 58 heavy (non-hydrogen) atoms. The Morgan fingerprint density at radius 3 is 1.81 bits per heavy atom. The average molecular weight is 803 g/mol. The first kappa shape index (κ1) is 42.9. The summed E-state index contributed by atoms with van der Waals surface area (Å²) in [4.78, 5) is 69.7. The fourth-order valence-corrected chi connectivity index (χ4v) is 6.59. The number of alkyl carbamates (subject to hydrolysis) is 1. The largest absolute Gasteiger partial charge is 0.465 e. The molecule has 12 heteroatoms. The predicted octanol–water partition coefficient (Wildman–Crippen LogP) is 8.87. The summed E-state index contributed by atoms with van der Waals surface area (Å²) in [7, 11) is -0.685. The third-order valence-electron chi connectivity index (χ3n) is 9.50. The second kappa shape index (κ2) is 18.3. The van der Waals surface area contributed by atoms with Crippen LogP contribution in [0.2, 0.25) is 19.6 Å². The minimum absolute atomic E-state index is 0.0103. The maximum absolute atomic E-state index is 14.5. The van der Waals surface area contributed by atoms with Crippen molar-refractivity contribution in [1.82, 2.24) is 5.32 Å². The second-order valence-electron chi connectivity index (χ2n) is 15.9. The molecule has 5 rings (SSSR count). The van der Waals surface area contributed by atoms with Crippen LogP contribution in [0.3, 0.4) is 0 Å². The molecule has 0 aliphatic heterocycles. The average Bonchev–Trinajstić information content (AvgIpc) is 3.20. The van der Waals surface area contributed by atoms with Crippen molar-refractivity contribution >= 4 is 60.1 Å². The number of carbonyl (C=O) groups is 5. The highest BCUT2D eigenvalue weighted by Gasteiger charge is 2.35. The summed E-state index contributed by atoms with van der Waals surface area (Å²) < 4.78 is 22.5. The van der Waals surface area contributed by atoms with E-state index in [2.05, 4.69) is 25.0 Å². The first-order valence-electron chi connectivity index (χ1n) is 19.0. The van der Waals surface area contributed by atoms with E-state index in [0.717, 1.165) is 16.0 Å². The van der Waals surface area contributed by atoms with E-state index in [0.29, 0.717) is 16.3 Å². The molecule has 2 amide bonds. The number of methoxy groups -OCH3 is 1. The number of amides is 2. The Kier molecular flexibility index (Phi) is 13.5. The monoisotopic (exact) mass is 802 g/mol. The van der Waals surface area contributed by atoms with E-state index in [1.54, 1.807) is 75.4 Å². The Morgan fingerprint density at radius 1 is 0.690 bits per heavy atom. The number of benzene rings is 5. The summed E-state index contributed by atoms with van der Waals surface area (Å²) in [5.74, 6) is -3.55. The highest BCUT2D eigenvalue weighted by Crippen LogP contribution is 2.38. The first-order chi connectivity index (χ1) is 27.5. The SMILES string of the molecule is COC(=O)NC(Cc1ccc(N(C(=O)C(=O)OC(C)(C)C)c2ccccc2C(=O)OC(c2ccccc2)c2ccccc2)c2ccccc12)C(=O)OC(C)[Si](C)(C)C. The van der Waals surface area contributed by atoms with Gasteiger partial charge in [0.1, 0.15) is 11.6 Å². The summed E-state index contributed by atoms with van der Waals surface area (Å²) in [6.07, 6.45) is -1.58. The lowest BCUT2D eigenvalue weighted by molar-refractivity contribution is -0.162. The van der Waals surface area contributed by atoms with Crippen LogP contribution >= 0.6 is 0 Å². The van der Waals surface area contributed by atoms with Gasteiger partial charge in [-0.1, -0.05) is 123 Å². The number of ether oxygens (including phenoxy) is 4. The number of hydrogen-bond donors (Lipinski definition) is 1. The fraction of sp³-hybridized carbons (Fsp3) is 0.283. The van der Waals surface area contributed by atoms with Crippen molar-refractivity contribution in [2.75, 3.05) is 12.0 Å². The zero-order valence-corrected chi connectivity index (χ0v) is 35.1. The third-order valence-corrected chi connectivity index (χ3v) is 12.1. The minimum Gasteiger partial charge on any atom is -0.465 e. The molecule has 5 aromatic rings. The summed E-state index contributed by atoms with van der Waals surface area (Å²) in [5.41, 5.74) is 1.11. The van der Waals surface area contributed by atoms with Crippen LogP contribution in [0.15, 0.2) is 121 Å². The number of anilines is 2. The molecule has 0 heterocycles. The molecule has 0 saturated carbocycles. The fourth-order valence-electron chi connectivity index (χ4n) is 6.12. The van der Waals surface area contributed by atoms with E-state index < -0.39 is 55.7 Å². The van der Waals surface area contributed by atoms with E-state index in [1.807, 2.05) is 67.6 Å². The van der Waals surface area contributed by atoms with E-state index >= 15 is 0 Å². The highest BCUT2D eigenvalue weighted by atomic mass is 28.3. The molecule has 0 spiro atoms. The van der Waals surface area contributed by atoms with Crippen LogP contribution in [0.5, 0.6) is 0 Å².